The van der Waals surface area contributed by atoms with Crippen molar-refractivity contribution in [3.05, 3.63) is 0 Å². The van der Waals surface area contributed by atoms with Gasteiger partial charge < -0.3 is 10.1 Å². The first-order valence-corrected chi connectivity index (χ1v) is 5.23. The fourth-order valence-electron chi connectivity index (χ4n) is 1.69. The third kappa shape index (κ3) is 3.11. The van der Waals surface area contributed by atoms with Crippen molar-refractivity contribution in [1.29, 1.82) is 0 Å². The molecule has 1 saturated heterocycles. The molecule has 1 aliphatic heterocycles. The highest BCUT2D eigenvalue weighted by molar-refractivity contribution is 4.70. The number of ether oxygens (including phenoxy) is 1. The van der Waals surface area contributed by atoms with Gasteiger partial charge in [-0.1, -0.05) is 13.8 Å². The van der Waals surface area contributed by atoms with Gasteiger partial charge in [0.1, 0.15) is 0 Å². The lowest BCUT2D eigenvalue weighted by Gasteiger charge is -2.27. The summed E-state index contributed by atoms with van der Waals surface area (Å²) in [6.45, 7) is 6.62. The molecule has 0 aromatic heterocycles. The van der Waals surface area contributed by atoms with Crippen molar-refractivity contribution in [2.24, 2.45) is 0 Å². The summed E-state index contributed by atoms with van der Waals surface area (Å²) in [6, 6.07) is 0. The molecule has 2 heteroatoms. The second-order valence-electron chi connectivity index (χ2n) is 3.54. The van der Waals surface area contributed by atoms with E-state index in [0.717, 1.165) is 19.4 Å². The summed E-state index contributed by atoms with van der Waals surface area (Å²) >= 11 is 0. The van der Waals surface area contributed by atoms with Crippen LogP contribution in [-0.2, 0) is 4.74 Å². The van der Waals surface area contributed by atoms with Gasteiger partial charge in [-0.25, -0.2) is 0 Å². The summed E-state index contributed by atoms with van der Waals surface area (Å²) < 4.78 is 5.93. The highest BCUT2D eigenvalue weighted by Gasteiger charge is 2.16. The minimum atomic E-state index is 0.476. The van der Waals surface area contributed by atoms with Gasteiger partial charge in [0, 0.05) is 6.54 Å². The molecule has 0 amide bonds. The Morgan fingerprint density at radius 2 is 2.17 bits per heavy atom. The zero-order chi connectivity index (χ0) is 8.81. The van der Waals surface area contributed by atoms with Crippen LogP contribution in [0.25, 0.3) is 0 Å². The fraction of sp³-hybridized carbons (Fsp3) is 1.00. The molecule has 1 atom stereocenters. The molecule has 0 aromatic carbocycles. The average Bonchev–Trinajstić information content (AvgIpc) is 2.16. The summed E-state index contributed by atoms with van der Waals surface area (Å²) in [6.07, 6.45) is 5.76. The third-order valence-corrected chi connectivity index (χ3v) is 2.55. The molecular formula is C10H21NO. The van der Waals surface area contributed by atoms with E-state index in [9.17, 15) is 0 Å². The summed E-state index contributed by atoms with van der Waals surface area (Å²) in [4.78, 5) is 0. The summed E-state index contributed by atoms with van der Waals surface area (Å²) in [5, 5.41) is 3.36. The van der Waals surface area contributed by atoms with Gasteiger partial charge in [-0.3, -0.25) is 0 Å². The van der Waals surface area contributed by atoms with Crippen LogP contribution in [0.3, 0.4) is 0 Å². The van der Waals surface area contributed by atoms with E-state index in [1.165, 1.54) is 19.4 Å². The lowest BCUT2D eigenvalue weighted by molar-refractivity contribution is -0.0258. The van der Waals surface area contributed by atoms with Gasteiger partial charge in [0.25, 0.3) is 0 Å². The fourth-order valence-corrected chi connectivity index (χ4v) is 1.69. The van der Waals surface area contributed by atoms with E-state index >= 15 is 0 Å². The quantitative estimate of drug-likeness (QED) is 0.698. The molecule has 0 unspecified atom stereocenters. The van der Waals surface area contributed by atoms with Gasteiger partial charge in [0.15, 0.2) is 0 Å². The van der Waals surface area contributed by atoms with Crippen LogP contribution in [-0.4, -0.2) is 25.3 Å². The Morgan fingerprint density at radius 1 is 1.42 bits per heavy atom. The van der Waals surface area contributed by atoms with E-state index in [1.807, 2.05) is 0 Å². The maximum absolute atomic E-state index is 5.93. The van der Waals surface area contributed by atoms with Crippen LogP contribution in [0.5, 0.6) is 0 Å². The number of hydrogen-bond acceptors (Lipinski definition) is 2. The number of hydrogen-bond donors (Lipinski definition) is 1. The molecule has 72 valence electrons. The lowest BCUT2D eigenvalue weighted by Crippen LogP contribution is -2.37. The first kappa shape index (κ1) is 10.0. The Labute approximate surface area is 75.7 Å². The molecule has 1 rings (SSSR count). The zero-order valence-corrected chi connectivity index (χ0v) is 8.31. The summed E-state index contributed by atoms with van der Waals surface area (Å²) in [5.74, 6) is 0. The molecule has 0 spiro atoms. The van der Waals surface area contributed by atoms with Crippen LogP contribution in [0, 0.1) is 0 Å². The Morgan fingerprint density at radius 3 is 2.67 bits per heavy atom. The second kappa shape index (κ2) is 5.55. The molecule has 1 N–H and O–H groups in total. The molecule has 2 nitrogen and oxygen atoms in total. The van der Waals surface area contributed by atoms with E-state index < -0.39 is 0 Å². The monoisotopic (exact) mass is 171 g/mol. The average molecular weight is 171 g/mol. The second-order valence-corrected chi connectivity index (χ2v) is 3.54. The largest absolute Gasteiger partial charge is 0.374 e. The van der Waals surface area contributed by atoms with Crippen molar-refractivity contribution in [3.8, 4) is 0 Å². The Hall–Kier alpha value is -0.0800. The SMILES string of the molecule is CCC(CC)O[C@H]1CCCNC1. The van der Waals surface area contributed by atoms with Crippen molar-refractivity contribution in [3.63, 3.8) is 0 Å². The number of piperidine rings is 1. The van der Waals surface area contributed by atoms with E-state index in [0.29, 0.717) is 12.2 Å². The van der Waals surface area contributed by atoms with Gasteiger partial charge in [0.2, 0.25) is 0 Å². The Balaban J connectivity index is 2.18. The van der Waals surface area contributed by atoms with E-state index in [1.54, 1.807) is 0 Å². The highest BCUT2D eigenvalue weighted by atomic mass is 16.5. The van der Waals surface area contributed by atoms with Crippen molar-refractivity contribution in [1.82, 2.24) is 5.32 Å². The van der Waals surface area contributed by atoms with E-state index in [2.05, 4.69) is 19.2 Å². The van der Waals surface area contributed by atoms with Crippen LogP contribution in [0.4, 0.5) is 0 Å². The molecule has 1 fully saturated rings. The molecule has 0 saturated carbocycles. The predicted molar refractivity (Wildman–Crippen MR) is 51.3 cm³/mol. The van der Waals surface area contributed by atoms with Gasteiger partial charge >= 0.3 is 0 Å². The van der Waals surface area contributed by atoms with Crippen molar-refractivity contribution >= 4 is 0 Å². The van der Waals surface area contributed by atoms with Crippen LogP contribution in [0.2, 0.25) is 0 Å². The molecule has 0 radical (unpaired) electrons. The first-order chi connectivity index (χ1) is 5.86. The van der Waals surface area contributed by atoms with Gasteiger partial charge in [-0.2, -0.15) is 0 Å². The van der Waals surface area contributed by atoms with Crippen LogP contribution < -0.4 is 5.32 Å². The zero-order valence-electron chi connectivity index (χ0n) is 8.31. The van der Waals surface area contributed by atoms with Gasteiger partial charge in [-0.15, -0.1) is 0 Å². The molecule has 1 aliphatic rings. The molecule has 0 aliphatic carbocycles. The van der Waals surface area contributed by atoms with Crippen molar-refractivity contribution < 1.29 is 4.74 Å². The maximum Gasteiger partial charge on any atom is 0.0703 e. The van der Waals surface area contributed by atoms with Crippen molar-refractivity contribution in [2.45, 2.75) is 51.7 Å². The van der Waals surface area contributed by atoms with Crippen LogP contribution in [0.15, 0.2) is 0 Å². The lowest BCUT2D eigenvalue weighted by atomic mass is 10.1. The summed E-state index contributed by atoms with van der Waals surface area (Å²) in [7, 11) is 0. The number of rotatable bonds is 4. The molecular weight excluding hydrogens is 150 g/mol. The smallest absolute Gasteiger partial charge is 0.0703 e. The molecule has 0 aromatic rings. The minimum absolute atomic E-state index is 0.476. The van der Waals surface area contributed by atoms with Crippen LogP contribution >= 0.6 is 0 Å². The van der Waals surface area contributed by atoms with Crippen molar-refractivity contribution in [2.75, 3.05) is 13.1 Å². The van der Waals surface area contributed by atoms with Crippen LogP contribution in [0.1, 0.15) is 39.5 Å². The maximum atomic E-state index is 5.93. The van der Waals surface area contributed by atoms with Gasteiger partial charge in [0.05, 0.1) is 12.2 Å². The normalized spacial score (nSPS) is 24.8. The first-order valence-electron chi connectivity index (χ1n) is 5.23. The Bertz CT molecular complexity index is 106. The molecule has 0 bridgehead atoms. The molecule has 1 heterocycles. The Kier molecular flexibility index (Phi) is 4.62. The van der Waals surface area contributed by atoms with E-state index in [-0.39, 0.29) is 0 Å². The molecule has 12 heavy (non-hydrogen) atoms. The summed E-state index contributed by atoms with van der Waals surface area (Å²) in [5.41, 5.74) is 0. The predicted octanol–water partition coefficient (Wildman–Crippen LogP) is 1.94. The topological polar surface area (TPSA) is 21.3 Å². The highest BCUT2D eigenvalue weighted by Crippen LogP contribution is 2.12. The minimum Gasteiger partial charge on any atom is -0.374 e. The number of nitrogens with one attached hydrogen (secondary N) is 1. The van der Waals surface area contributed by atoms with Gasteiger partial charge in [-0.05, 0) is 32.2 Å². The standard InChI is InChI=1S/C10H21NO/c1-3-9(4-2)12-10-6-5-7-11-8-10/h9-11H,3-8H2,1-2H3/t10-/m0/s1. The third-order valence-electron chi connectivity index (χ3n) is 2.55. The van der Waals surface area contributed by atoms with E-state index in [4.69, 9.17) is 4.74 Å².